The van der Waals surface area contributed by atoms with Crippen LogP contribution in [-0.2, 0) is 0 Å². The Labute approximate surface area is 337 Å². The Hall–Kier alpha value is -7.42. The van der Waals surface area contributed by atoms with Crippen LogP contribution in [0, 0.1) is 0 Å². The van der Waals surface area contributed by atoms with E-state index in [1.54, 1.807) is 0 Å². The van der Waals surface area contributed by atoms with Crippen molar-refractivity contribution in [1.82, 2.24) is 0 Å². The molecular weight excluding hydrogens is 679 g/mol. The van der Waals surface area contributed by atoms with Crippen molar-refractivity contribution >= 4 is 39.0 Å². The van der Waals surface area contributed by atoms with Gasteiger partial charge in [-0.1, -0.05) is 176 Å². The number of rotatable bonds is 8. The van der Waals surface area contributed by atoms with Gasteiger partial charge in [0, 0.05) is 33.4 Å². The third kappa shape index (κ3) is 6.24. The molecule has 1 aromatic heterocycles. The Balaban J connectivity index is 1.09. The van der Waals surface area contributed by atoms with Gasteiger partial charge in [0.15, 0.2) is 0 Å². The summed E-state index contributed by atoms with van der Waals surface area (Å²) in [7, 11) is 0. The van der Waals surface area contributed by atoms with E-state index in [-0.39, 0.29) is 57.7 Å². The normalized spacial score (nSPS) is 13.0. The zero-order valence-corrected chi connectivity index (χ0v) is 30.2. The molecule has 0 spiro atoms. The molecule has 0 saturated carbocycles. The molecule has 2 nitrogen and oxygen atoms in total. The first-order valence-corrected chi connectivity index (χ1v) is 18.5. The highest BCUT2D eigenvalue weighted by Gasteiger charge is 2.17. The predicted molar refractivity (Wildman–Crippen MR) is 236 cm³/mol. The Kier molecular flexibility index (Phi) is 6.80. The minimum absolute atomic E-state index is 0.0312. The fourth-order valence-electron chi connectivity index (χ4n) is 7.46. The fourth-order valence-corrected chi connectivity index (χ4v) is 7.46. The van der Waals surface area contributed by atoms with Crippen LogP contribution in [0.25, 0.3) is 77.6 Å². The average molecular weight is 723 g/mol. The van der Waals surface area contributed by atoms with Crippen LogP contribution in [0.15, 0.2) is 229 Å². The Morgan fingerprint density at radius 1 is 0.339 bits per heavy atom. The van der Waals surface area contributed by atoms with Crippen LogP contribution in [0.2, 0.25) is 0 Å². The first-order valence-electron chi connectivity index (χ1n) is 22.0. The van der Waals surface area contributed by atoms with Gasteiger partial charge in [0.05, 0.1) is 9.60 Å². The van der Waals surface area contributed by atoms with Gasteiger partial charge in [0.1, 0.15) is 11.2 Å². The molecule has 0 radical (unpaired) electrons. The van der Waals surface area contributed by atoms with E-state index in [1.165, 1.54) is 0 Å². The van der Waals surface area contributed by atoms with Crippen molar-refractivity contribution in [3.05, 3.63) is 224 Å². The van der Waals surface area contributed by atoms with Gasteiger partial charge in [-0.3, -0.25) is 0 Å². The quantitative estimate of drug-likeness (QED) is 0.155. The lowest BCUT2D eigenvalue weighted by molar-refractivity contribution is 0.670. The standard InChI is InChI=1S/C54H37NO/c1-4-14-38(15-5-1)43-20-12-21-47(36-43)55(46-33-28-42(29-34-46)49-23-13-24-51-50-22-10-11-25-53(50)56-54(49)51)45-31-26-39(27-32-45)44-30-35-48(40-16-6-2-7-17-40)52(37-44)41-18-8-3-9-19-41/h1-37H/i10D,11D,13D,22D,23D,24D,25D. The maximum absolute atomic E-state index is 9.00. The Bertz CT molecular complexity index is 3340. The smallest absolute Gasteiger partial charge is 0.143 e. The van der Waals surface area contributed by atoms with Gasteiger partial charge in [-0.2, -0.15) is 0 Å². The van der Waals surface area contributed by atoms with Crippen LogP contribution < -0.4 is 4.90 Å². The minimum Gasteiger partial charge on any atom is -0.455 e. The summed E-state index contributed by atoms with van der Waals surface area (Å²) >= 11 is 0. The van der Waals surface area contributed by atoms with Crippen LogP contribution in [0.3, 0.4) is 0 Å². The van der Waals surface area contributed by atoms with E-state index in [0.29, 0.717) is 5.56 Å². The van der Waals surface area contributed by atoms with E-state index in [0.717, 1.165) is 61.6 Å². The van der Waals surface area contributed by atoms with Crippen molar-refractivity contribution in [1.29, 1.82) is 0 Å². The molecule has 0 bridgehead atoms. The van der Waals surface area contributed by atoms with Crippen molar-refractivity contribution in [2.24, 2.45) is 0 Å². The van der Waals surface area contributed by atoms with Crippen molar-refractivity contribution in [3.63, 3.8) is 0 Å². The van der Waals surface area contributed by atoms with E-state index >= 15 is 0 Å². The average Bonchev–Trinajstić information content (AvgIpc) is 3.74. The van der Waals surface area contributed by atoms with Crippen LogP contribution in [0.4, 0.5) is 17.1 Å². The number of benzene rings is 9. The molecule has 9 aromatic carbocycles. The summed E-state index contributed by atoms with van der Waals surface area (Å²) < 4.78 is 66.3. The van der Waals surface area contributed by atoms with Gasteiger partial charge in [0.25, 0.3) is 0 Å². The van der Waals surface area contributed by atoms with Crippen LogP contribution in [-0.4, -0.2) is 0 Å². The molecule has 0 atom stereocenters. The SMILES string of the molecule is [2H]c1c([2H])c([2H])c2c(oc3c(-c4ccc(N(c5ccc(-c6ccc(-c7ccccc7)c(-c7ccccc7)c6)cc5)c5cccc(-c6ccccc6)c5)cc4)c([2H])c([2H])c([2H])c32)c1[2H]. The summed E-state index contributed by atoms with van der Waals surface area (Å²) in [5, 5.41) is 0.117. The third-order valence-corrected chi connectivity index (χ3v) is 10.2. The minimum atomic E-state index is -0.455. The second-order valence-electron chi connectivity index (χ2n) is 13.6. The van der Waals surface area contributed by atoms with Gasteiger partial charge in [-0.05, 0) is 98.6 Å². The summed E-state index contributed by atoms with van der Waals surface area (Å²) in [4.78, 5) is 2.17. The molecule has 56 heavy (non-hydrogen) atoms. The van der Waals surface area contributed by atoms with Crippen molar-refractivity contribution in [3.8, 4) is 55.6 Å². The van der Waals surface area contributed by atoms with Crippen LogP contribution in [0.1, 0.15) is 9.60 Å². The maximum Gasteiger partial charge on any atom is 0.143 e. The molecule has 10 rings (SSSR count). The van der Waals surface area contributed by atoms with E-state index in [1.807, 2.05) is 60.7 Å². The Morgan fingerprint density at radius 3 is 1.55 bits per heavy atom. The lowest BCUT2D eigenvalue weighted by atomic mass is 9.91. The molecule has 0 aliphatic carbocycles. The van der Waals surface area contributed by atoms with Crippen LogP contribution >= 0.6 is 0 Å². The van der Waals surface area contributed by atoms with Gasteiger partial charge in [0.2, 0.25) is 0 Å². The summed E-state index contributed by atoms with van der Waals surface area (Å²) in [6.07, 6.45) is 0. The van der Waals surface area contributed by atoms with E-state index < -0.39 is 12.1 Å². The molecule has 0 fully saturated rings. The summed E-state index contributed by atoms with van der Waals surface area (Å²) in [5.74, 6) is 0. The topological polar surface area (TPSA) is 16.4 Å². The molecule has 10 aromatic rings. The number of hydrogen-bond donors (Lipinski definition) is 0. The number of furan rings is 1. The lowest BCUT2D eigenvalue weighted by Gasteiger charge is -2.26. The molecule has 0 N–H and O–H groups in total. The molecule has 1 heterocycles. The largest absolute Gasteiger partial charge is 0.455 e. The first kappa shape index (κ1) is 26.4. The molecule has 0 aliphatic rings. The van der Waals surface area contributed by atoms with Gasteiger partial charge >= 0.3 is 0 Å². The predicted octanol–water partition coefficient (Wildman–Crippen LogP) is 15.4. The summed E-state index contributed by atoms with van der Waals surface area (Å²) in [6, 6.07) is 59.6. The van der Waals surface area contributed by atoms with Gasteiger partial charge in [-0.15, -0.1) is 0 Å². The second-order valence-corrected chi connectivity index (χ2v) is 13.6. The van der Waals surface area contributed by atoms with Gasteiger partial charge < -0.3 is 9.32 Å². The molecule has 0 unspecified atom stereocenters. The Morgan fingerprint density at radius 2 is 0.857 bits per heavy atom. The van der Waals surface area contributed by atoms with Crippen LogP contribution in [0.5, 0.6) is 0 Å². The summed E-state index contributed by atoms with van der Waals surface area (Å²) in [6.45, 7) is 0. The number of hydrogen-bond acceptors (Lipinski definition) is 2. The first-order chi connectivity index (χ1) is 30.7. The molecule has 264 valence electrons. The number of nitrogens with zero attached hydrogens (tertiary/aromatic N) is 1. The zero-order valence-electron chi connectivity index (χ0n) is 37.2. The van der Waals surface area contributed by atoms with Crippen molar-refractivity contribution < 1.29 is 14.0 Å². The maximum atomic E-state index is 9.00. The molecule has 0 aliphatic heterocycles. The molecule has 0 saturated heterocycles. The zero-order chi connectivity index (χ0) is 43.4. The fraction of sp³-hybridized carbons (Fsp3) is 0. The van der Waals surface area contributed by atoms with Gasteiger partial charge in [-0.25, -0.2) is 0 Å². The molecular formula is C54H37NO. The number of para-hydroxylation sites is 2. The highest BCUT2D eigenvalue weighted by atomic mass is 16.3. The summed E-state index contributed by atoms with van der Waals surface area (Å²) in [5.41, 5.74) is 12.3. The highest BCUT2D eigenvalue weighted by Crippen LogP contribution is 2.41. The highest BCUT2D eigenvalue weighted by molar-refractivity contribution is 6.09. The number of anilines is 3. The molecule has 2 heteroatoms. The third-order valence-electron chi connectivity index (χ3n) is 10.2. The lowest BCUT2D eigenvalue weighted by Crippen LogP contribution is -2.10. The second kappa shape index (κ2) is 14.4. The van der Waals surface area contributed by atoms with E-state index in [4.69, 9.17) is 14.0 Å². The monoisotopic (exact) mass is 722 g/mol. The number of fused-ring (bicyclic) bond motifs is 3. The molecule has 0 amide bonds. The van der Waals surface area contributed by atoms with E-state index in [9.17, 15) is 0 Å². The van der Waals surface area contributed by atoms with Crippen molar-refractivity contribution in [2.75, 3.05) is 4.90 Å². The van der Waals surface area contributed by atoms with E-state index in [2.05, 4.69) is 126 Å². The van der Waals surface area contributed by atoms with Crippen molar-refractivity contribution in [2.45, 2.75) is 0 Å².